The van der Waals surface area contributed by atoms with Crippen LogP contribution in [0, 0.1) is 5.92 Å². The number of hydrogen-bond donors (Lipinski definition) is 2. The molecule has 1 heterocycles. The van der Waals surface area contributed by atoms with Gasteiger partial charge in [0.2, 0.25) is 6.79 Å². The van der Waals surface area contributed by atoms with Crippen molar-refractivity contribution < 1.29 is 24.2 Å². The Morgan fingerprint density at radius 2 is 2.05 bits per heavy atom. The molecule has 1 aromatic carbocycles. The van der Waals surface area contributed by atoms with Crippen LogP contribution in [0.1, 0.15) is 24.2 Å². The van der Waals surface area contributed by atoms with Gasteiger partial charge in [0.25, 0.3) is 5.91 Å². The predicted molar refractivity (Wildman–Crippen MR) is 74.0 cm³/mol. The average Bonchev–Trinajstić information content (AvgIpc) is 2.83. The van der Waals surface area contributed by atoms with Crippen molar-refractivity contribution in [2.75, 3.05) is 6.79 Å². The lowest BCUT2D eigenvalue weighted by molar-refractivity contribution is -0.140. The van der Waals surface area contributed by atoms with Gasteiger partial charge >= 0.3 is 5.97 Å². The lowest BCUT2D eigenvalue weighted by atomic mass is 10.0. The second kappa shape index (κ2) is 5.70. The van der Waals surface area contributed by atoms with E-state index in [1.165, 1.54) is 6.07 Å². The van der Waals surface area contributed by atoms with Crippen LogP contribution in [0.5, 0.6) is 11.5 Å². The fourth-order valence-electron chi connectivity index (χ4n) is 1.84. The van der Waals surface area contributed by atoms with E-state index in [9.17, 15) is 9.59 Å². The van der Waals surface area contributed by atoms with Gasteiger partial charge < -0.3 is 19.9 Å². The molecule has 6 nitrogen and oxygen atoms in total. The quantitative estimate of drug-likeness (QED) is 0.873. The molecule has 1 aliphatic rings. The summed E-state index contributed by atoms with van der Waals surface area (Å²) in [5, 5.41) is 11.6. The molecule has 1 aromatic rings. The molecular weight excluding hydrogens is 330 g/mol. The van der Waals surface area contributed by atoms with Crippen molar-refractivity contribution in [1.29, 1.82) is 0 Å². The van der Waals surface area contributed by atoms with Crippen LogP contribution in [0.4, 0.5) is 0 Å². The maximum absolute atomic E-state index is 12.1. The van der Waals surface area contributed by atoms with Crippen molar-refractivity contribution in [3.63, 3.8) is 0 Å². The van der Waals surface area contributed by atoms with Crippen LogP contribution in [0.15, 0.2) is 16.6 Å². The molecule has 0 saturated heterocycles. The van der Waals surface area contributed by atoms with E-state index in [1.54, 1.807) is 19.9 Å². The summed E-state index contributed by atoms with van der Waals surface area (Å²) >= 11 is 3.29. The molecule has 0 fully saturated rings. The largest absolute Gasteiger partial charge is 0.480 e. The van der Waals surface area contributed by atoms with Gasteiger partial charge in [-0.3, -0.25) is 4.79 Å². The minimum atomic E-state index is -1.06. The fourth-order valence-corrected chi connectivity index (χ4v) is 2.39. The maximum Gasteiger partial charge on any atom is 0.326 e. The van der Waals surface area contributed by atoms with E-state index in [0.717, 1.165) is 0 Å². The van der Waals surface area contributed by atoms with Crippen LogP contribution in [0.2, 0.25) is 0 Å². The fraction of sp³-hybridized carbons (Fsp3) is 0.385. The maximum atomic E-state index is 12.1. The summed E-state index contributed by atoms with van der Waals surface area (Å²) < 4.78 is 11.0. The van der Waals surface area contributed by atoms with Crippen molar-refractivity contribution >= 4 is 27.8 Å². The van der Waals surface area contributed by atoms with Gasteiger partial charge in [-0.1, -0.05) is 13.8 Å². The van der Waals surface area contributed by atoms with Gasteiger partial charge in [-0.15, -0.1) is 0 Å². The van der Waals surface area contributed by atoms with Crippen molar-refractivity contribution in [1.82, 2.24) is 5.32 Å². The number of hydrogen-bond acceptors (Lipinski definition) is 4. The molecule has 2 rings (SSSR count). The molecule has 108 valence electrons. The first-order valence-electron chi connectivity index (χ1n) is 6.03. The zero-order valence-corrected chi connectivity index (χ0v) is 12.6. The number of benzene rings is 1. The second-order valence-electron chi connectivity index (χ2n) is 4.73. The Hall–Kier alpha value is -1.76. The molecule has 1 atom stereocenters. The monoisotopic (exact) mass is 343 g/mol. The molecule has 0 unspecified atom stereocenters. The number of aliphatic carboxylic acids is 1. The summed E-state index contributed by atoms with van der Waals surface area (Å²) in [5.74, 6) is -0.742. The smallest absolute Gasteiger partial charge is 0.326 e. The summed E-state index contributed by atoms with van der Waals surface area (Å²) in [5.41, 5.74) is 0.313. The number of ether oxygens (including phenoxy) is 2. The number of carbonyl (C=O) groups excluding carboxylic acids is 1. The zero-order valence-electron chi connectivity index (χ0n) is 11.0. The summed E-state index contributed by atoms with van der Waals surface area (Å²) in [7, 11) is 0. The van der Waals surface area contributed by atoms with Crippen molar-refractivity contribution in [3.05, 3.63) is 22.2 Å². The minimum absolute atomic E-state index is 0.1000. The highest BCUT2D eigenvalue weighted by atomic mass is 79.9. The summed E-state index contributed by atoms with van der Waals surface area (Å²) in [6.07, 6.45) is 0. The molecule has 0 aromatic heterocycles. The SMILES string of the molecule is CC(C)[C@@H](NC(=O)c1cc(Br)c2c(c1)OCO2)C(=O)O. The first kappa shape index (κ1) is 14.6. The van der Waals surface area contributed by atoms with Gasteiger partial charge in [0.15, 0.2) is 11.5 Å². The second-order valence-corrected chi connectivity index (χ2v) is 5.58. The third kappa shape index (κ3) is 2.87. The number of carbonyl (C=O) groups is 2. The predicted octanol–water partition coefficient (Wildman–Crippen LogP) is 2.02. The van der Waals surface area contributed by atoms with Crippen LogP contribution in [0.3, 0.4) is 0 Å². The number of nitrogens with one attached hydrogen (secondary N) is 1. The number of fused-ring (bicyclic) bond motifs is 1. The van der Waals surface area contributed by atoms with Gasteiger partial charge in [0, 0.05) is 5.56 Å². The molecular formula is C13H14BrNO5. The van der Waals surface area contributed by atoms with Gasteiger partial charge in [0.1, 0.15) is 6.04 Å². The molecule has 20 heavy (non-hydrogen) atoms. The average molecular weight is 344 g/mol. The topological polar surface area (TPSA) is 84.9 Å². The van der Waals surface area contributed by atoms with E-state index < -0.39 is 17.9 Å². The summed E-state index contributed by atoms with van der Waals surface area (Å²) in [4.78, 5) is 23.2. The van der Waals surface area contributed by atoms with Crippen molar-refractivity contribution in [3.8, 4) is 11.5 Å². The molecule has 0 aliphatic carbocycles. The van der Waals surface area contributed by atoms with E-state index in [2.05, 4.69) is 21.2 Å². The van der Waals surface area contributed by atoms with Crippen LogP contribution < -0.4 is 14.8 Å². The first-order chi connectivity index (χ1) is 9.40. The van der Waals surface area contributed by atoms with Gasteiger partial charge in [-0.25, -0.2) is 4.79 Å². The zero-order chi connectivity index (χ0) is 14.9. The highest BCUT2D eigenvalue weighted by molar-refractivity contribution is 9.10. The van der Waals surface area contributed by atoms with Gasteiger partial charge in [0.05, 0.1) is 4.47 Å². The molecule has 0 radical (unpaired) electrons. The molecule has 2 N–H and O–H groups in total. The molecule has 0 spiro atoms. The highest BCUT2D eigenvalue weighted by Crippen LogP contribution is 2.39. The third-order valence-electron chi connectivity index (χ3n) is 2.91. The molecule has 1 amide bonds. The normalized spacial score (nSPS) is 14.2. The Morgan fingerprint density at radius 3 is 2.65 bits per heavy atom. The Morgan fingerprint density at radius 1 is 1.35 bits per heavy atom. The van der Waals surface area contributed by atoms with E-state index in [-0.39, 0.29) is 12.7 Å². The van der Waals surface area contributed by atoms with Gasteiger partial charge in [-0.2, -0.15) is 0 Å². The van der Waals surface area contributed by atoms with E-state index in [4.69, 9.17) is 14.6 Å². The Bertz CT molecular complexity index is 558. The minimum Gasteiger partial charge on any atom is -0.480 e. The molecule has 1 aliphatic heterocycles. The Kier molecular flexibility index (Phi) is 4.17. The third-order valence-corrected chi connectivity index (χ3v) is 3.50. The van der Waals surface area contributed by atoms with Crippen molar-refractivity contribution in [2.24, 2.45) is 5.92 Å². The summed E-state index contributed by atoms with van der Waals surface area (Å²) in [6.45, 7) is 3.56. The van der Waals surface area contributed by atoms with E-state index >= 15 is 0 Å². The standard InChI is InChI=1S/C13H14BrNO5/c1-6(2)10(13(17)18)15-12(16)7-3-8(14)11-9(4-7)19-5-20-11/h3-4,6,10H,5H2,1-2H3,(H,15,16)(H,17,18)/t10-/m1/s1. The van der Waals surface area contributed by atoms with E-state index in [1.807, 2.05) is 0 Å². The lowest BCUT2D eigenvalue weighted by Crippen LogP contribution is -2.44. The highest BCUT2D eigenvalue weighted by Gasteiger charge is 2.26. The number of amides is 1. The van der Waals surface area contributed by atoms with E-state index in [0.29, 0.717) is 21.5 Å². The molecule has 0 saturated carbocycles. The first-order valence-corrected chi connectivity index (χ1v) is 6.82. The van der Waals surface area contributed by atoms with Gasteiger partial charge in [-0.05, 0) is 34.0 Å². The Labute approximate surface area is 124 Å². The number of rotatable bonds is 4. The number of halogens is 1. The number of carboxylic acid groups (broad SMARTS) is 1. The Balaban J connectivity index is 2.22. The van der Waals surface area contributed by atoms with Crippen LogP contribution in [-0.2, 0) is 4.79 Å². The molecule has 7 heteroatoms. The van der Waals surface area contributed by atoms with Crippen LogP contribution >= 0.6 is 15.9 Å². The van der Waals surface area contributed by atoms with Crippen LogP contribution in [0.25, 0.3) is 0 Å². The van der Waals surface area contributed by atoms with Crippen molar-refractivity contribution in [2.45, 2.75) is 19.9 Å². The lowest BCUT2D eigenvalue weighted by Gasteiger charge is -2.18. The number of carboxylic acids is 1. The molecule has 0 bridgehead atoms. The van der Waals surface area contributed by atoms with Crippen LogP contribution in [-0.4, -0.2) is 29.8 Å². The summed E-state index contributed by atoms with van der Waals surface area (Å²) in [6, 6.07) is 2.16.